The van der Waals surface area contributed by atoms with Crippen LogP contribution in [-0.4, -0.2) is 38.9 Å². The van der Waals surface area contributed by atoms with Crippen molar-refractivity contribution in [3.8, 4) is 0 Å². The van der Waals surface area contributed by atoms with Crippen molar-refractivity contribution >= 4 is 5.78 Å². The molecule has 178 valence electrons. The minimum Gasteiger partial charge on any atom is -0.393 e. The fraction of sp³-hybridized carbons (Fsp3) is 0.963. The van der Waals surface area contributed by atoms with Gasteiger partial charge < -0.3 is 15.3 Å². The van der Waals surface area contributed by atoms with E-state index in [9.17, 15) is 20.1 Å². The van der Waals surface area contributed by atoms with Crippen molar-refractivity contribution in [2.24, 2.45) is 46.3 Å². The molecule has 0 unspecified atom stereocenters. The van der Waals surface area contributed by atoms with Crippen LogP contribution in [0.1, 0.15) is 98.8 Å². The number of hydrogen-bond acceptors (Lipinski definition) is 4. The first kappa shape index (κ1) is 23.7. The minimum atomic E-state index is -1.08. The maximum absolute atomic E-state index is 13.3. The molecule has 0 spiro atoms. The number of Topliss-reactive ketones (excluding diaryl/α,β-unsaturated/α-hetero) is 1. The maximum Gasteiger partial charge on any atom is 0.136 e. The van der Waals surface area contributed by atoms with E-state index in [-0.39, 0.29) is 28.8 Å². The van der Waals surface area contributed by atoms with Crippen LogP contribution in [0.25, 0.3) is 0 Å². The lowest BCUT2D eigenvalue weighted by atomic mass is 9.44. The average Bonchev–Trinajstić information content (AvgIpc) is 3.05. The highest BCUT2D eigenvalue weighted by Gasteiger charge is 2.64. The van der Waals surface area contributed by atoms with Crippen LogP contribution in [0, 0.1) is 46.3 Å². The molecule has 0 aromatic heterocycles. The Labute approximate surface area is 189 Å². The number of hydrogen-bond donors (Lipinski definition) is 3. The summed E-state index contributed by atoms with van der Waals surface area (Å²) in [6.07, 6.45) is 7.86. The lowest BCUT2D eigenvalue weighted by Gasteiger charge is -2.61. The van der Waals surface area contributed by atoms with Crippen LogP contribution < -0.4 is 0 Å². The number of fused-ring (bicyclic) bond motifs is 5. The Morgan fingerprint density at radius 1 is 1.03 bits per heavy atom. The number of carbonyl (C=O) groups is 1. The van der Waals surface area contributed by atoms with Crippen molar-refractivity contribution in [3.63, 3.8) is 0 Å². The largest absolute Gasteiger partial charge is 0.393 e. The topological polar surface area (TPSA) is 77.8 Å². The Kier molecular flexibility index (Phi) is 6.19. The molecule has 0 aromatic rings. The predicted octanol–water partition coefficient (Wildman–Crippen LogP) is 4.73. The zero-order valence-electron chi connectivity index (χ0n) is 20.4. The zero-order valence-corrected chi connectivity index (χ0v) is 20.4. The number of aliphatic hydroxyl groups is 3. The predicted molar refractivity (Wildman–Crippen MR) is 122 cm³/mol. The first-order valence-electron chi connectivity index (χ1n) is 13.0. The van der Waals surface area contributed by atoms with E-state index in [4.69, 9.17) is 0 Å². The molecule has 0 heterocycles. The summed E-state index contributed by atoms with van der Waals surface area (Å²) in [6.45, 7) is 10.9. The molecule has 4 aliphatic rings. The molecule has 0 radical (unpaired) electrons. The third-order valence-electron chi connectivity index (χ3n) is 10.8. The van der Waals surface area contributed by atoms with Gasteiger partial charge in [-0.1, -0.05) is 27.7 Å². The highest BCUT2D eigenvalue weighted by atomic mass is 16.3. The number of rotatable bonds is 5. The van der Waals surface area contributed by atoms with Crippen molar-refractivity contribution in [2.45, 2.75) is 117 Å². The molecule has 4 aliphatic carbocycles. The quantitative estimate of drug-likeness (QED) is 0.584. The maximum atomic E-state index is 13.3. The first-order chi connectivity index (χ1) is 14.4. The number of carbonyl (C=O) groups excluding carboxylic acids is 1. The van der Waals surface area contributed by atoms with Gasteiger partial charge in [-0.05, 0) is 105 Å². The first-order valence-corrected chi connectivity index (χ1v) is 13.0. The van der Waals surface area contributed by atoms with E-state index in [1.165, 1.54) is 0 Å². The molecule has 4 saturated carbocycles. The van der Waals surface area contributed by atoms with Crippen LogP contribution in [0.4, 0.5) is 0 Å². The fourth-order valence-electron chi connectivity index (χ4n) is 9.00. The Hall–Kier alpha value is -0.450. The number of aliphatic hydroxyl groups excluding tert-OH is 2. The molecule has 4 fully saturated rings. The SMILES string of the molecule is CC(C)CC[C@@H](O)[C@](C)(O)[C@H]1CC[C@H]2[C@@H]3CC(=O)[C@@H]4C[C@H](O)CC[C@]4(C)[C@H]3CC[C@]12C. The summed E-state index contributed by atoms with van der Waals surface area (Å²) in [7, 11) is 0. The van der Waals surface area contributed by atoms with Crippen LogP contribution in [0.15, 0.2) is 0 Å². The molecule has 4 nitrogen and oxygen atoms in total. The Morgan fingerprint density at radius 3 is 2.35 bits per heavy atom. The third kappa shape index (κ3) is 3.73. The summed E-state index contributed by atoms with van der Waals surface area (Å²) in [5.74, 6) is 2.41. The van der Waals surface area contributed by atoms with Gasteiger partial charge in [0, 0.05) is 12.3 Å². The minimum absolute atomic E-state index is 0.0128. The van der Waals surface area contributed by atoms with Crippen LogP contribution in [0.5, 0.6) is 0 Å². The molecule has 0 aliphatic heterocycles. The van der Waals surface area contributed by atoms with E-state index < -0.39 is 11.7 Å². The fourth-order valence-corrected chi connectivity index (χ4v) is 9.00. The molecule has 4 rings (SSSR count). The standard InChI is InChI=1S/C27H46O4/c1-16(2)6-9-24(30)27(5,31)23-8-7-19-18-15-22(29)21-14-17(28)10-12-25(21,3)20(18)11-13-26(19,23)4/h16-21,23-24,28,30-31H,6-15H2,1-5H3/t17-,18+,19+,20+,21+,23+,24-,25-,26+,27-/m1/s1. The Balaban J connectivity index is 1.56. The second-order valence-electron chi connectivity index (χ2n) is 12.9. The second-order valence-corrected chi connectivity index (χ2v) is 12.9. The van der Waals surface area contributed by atoms with Gasteiger partial charge in [0.05, 0.1) is 17.8 Å². The van der Waals surface area contributed by atoms with E-state index >= 15 is 0 Å². The molecular formula is C27H46O4. The van der Waals surface area contributed by atoms with Gasteiger partial charge in [-0.25, -0.2) is 0 Å². The van der Waals surface area contributed by atoms with E-state index in [2.05, 4.69) is 27.7 Å². The van der Waals surface area contributed by atoms with Crippen LogP contribution in [0.3, 0.4) is 0 Å². The average molecular weight is 435 g/mol. The summed E-state index contributed by atoms with van der Waals surface area (Å²) in [5.41, 5.74) is -1.07. The van der Waals surface area contributed by atoms with Crippen LogP contribution in [0.2, 0.25) is 0 Å². The van der Waals surface area contributed by atoms with Crippen molar-refractivity contribution in [1.29, 1.82) is 0 Å². The molecule has 31 heavy (non-hydrogen) atoms. The van der Waals surface area contributed by atoms with Gasteiger partial charge in [0.2, 0.25) is 0 Å². The lowest BCUT2D eigenvalue weighted by Crippen LogP contribution is -2.59. The van der Waals surface area contributed by atoms with Gasteiger partial charge in [-0.3, -0.25) is 4.79 Å². The Bertz CT molecular complexity index is 687. The van der Waals surface area contributed by atoms with Gasteiger partial charge >= 0.3 is 0 Å². The summed E-state index contributed by atoms with van der Waals surface area (Å²) >= 11 is 0. The second kappa shape index (κ2) is 8.09. The molecule has 0 saturated heterocycles. The van der Waals surface area contributed by atoms with Crippen LogP contribution in [-0.2, 0) is 4.79 Å². The Morgan fingerprint density at radius 2 is 1.68 bits per heavy atom. The molecule has 3 N–H and O–H groups in total. The van der Waals surface area contributed by atoms with Gasteiger partial charge in [0.15, 0.2) is 0 Å². The van der Waals surface area contributed by atoms with E-state index in [1.54, 1.807) is 0 Å². The van der Waals surface area contributed by atoms with Gasteiger partial charge in [0.1, 0.15) is 5.78 Å². The number of ketones is 1. The summed E-state index contributed by atoms with van der Waals surface area (Å²) < 4.78 is 0. The summed E-state index contributed by atoms with van der Waals surface area (Å²) in [6, 6.07) is 0. The molecule has 10 atom stereocenters. The van der Waals surface area contributed by atoms with Crippen molar-refractivity contribution in [2.75, 3.05) is 0 Å². The van der Waals surface area contributed by atoms with E-state index in [1.807, 2.05) is 6.92 Å². The van der Waals surface area contributed by atoms with E-state index in [0.717, 1.165) is 44.9 Å². The van der Waals surface area contributed by atoms with E-state index in [0.29, 0.717) is 48.7 Å². The zero-order chi connectivity index (χ0) is 22.8. The molecule has 4 heteroatoms. The molecule has 0 bridgehead atoms. The lowest BCUT2D eigenvalue weighted by molar-refractivity contribution is -0.173. The van der Waals surface area contributed by atoms with Crippen molar-refractivity contribution in [1.82, 2.24) is 0 Å². The molecule has 0 aromatic carbocycles. The third-order valence-corrected chi connectivity index (χ3v) is 10.8. The summed E-state index contributed by atoms with van der Waals surface area (Å²) in [5, 5.41) is 32.7. The van der Waals surface area contributed by atoms with Gasteiger partial charge in [0.25, 0.3) is 0 Å². The van der Waals surface area contributed by atoms with Crippen molar-refractivity contribution in [3.05, 3.63) is 0 Å². The highest BCUT2D eigenvalue weighted by Crippen LogP contribution is 2.68. The normalized spacial score (nSPS) is 48.0. The molecule has 0 amide bonds. The van der Waals surface area contributed by atoms with Gasteiger partial charge in [-0.2, -0.15) is 0 Å². The smallest absolute Gasteiger partial charge is 0.136 e. The van der Waals surface area contributed by atoms with Crippen molar-refractivity contribution < 1.29 is 20.1 Å². The molecular weight excluding hydrogens is 388 g/mol. The summed E-state index contributed by atoms with van der Waals surface area (Å²) in [4.78, 5) is 13.3. The van der Waals surface area contributed by atoms with Crippen LogP contribution >= 0.6 is 0 Å². The highest BCUT2D eigenvalue weighted by molar-refractivity contribution is 5.83. The monoisotopic (exact) mass is 434 g/mol. The van der Waals surface area contributed by atoms with Gasteiger partial charge in [-0.15, -0.1) is 0 Å².